The highest BCUT2D eigenvalue weighted by Gasteiger charge is 2.31. The molecule has 0 N–H and O–H groups in total. The number of carbonyl (C=O) groups is 1. The van der Waals surface area contributed by atoms with Gasteiger partial charge in [0.2, 0.25) is 0 Å². The van der Waals surface area contributed by atoms with Crippen LogP contribution in [0.2, 0.25) is 0 Å². The summed E-state index contributed by atoms with van der Waals surface area (Å²) in [5.74, 6) is 1.20. The monoisotopic (exact) mass is 418 g/mol. The van der Waals surface area contributed by atoms with Crippen LogP contribution in [0.25, 0.3) is 6.08 Å². The Morgan fingerprint density at radius 1 is 1.24 bits per heavy atom. The molecular formula is C22H30N2O4S. The van der Waals surface area contributed by atoms with Crippen LogP contribution >= 0.6 is 11.8 Å². The van der Waals surface area contributed by atoms with Gasteiger partial charge in [-0.1, -0.05) is 25.8 Å². The Morgan fingerprint density at radius 3 is 2.69 bits per heavy atom. The van der Waals surface area contributed by atoms with E-state index in [2.05, 4.69) is 16.8 Å². The van der Waals surface area contributed by atoms with Crippen molar-refractivity contribution in [3.8, 4) is 11.5 Å². The van der Waals surface area contributed by atoms with E-state index in [1.165, 1.54) is 11.8 Å². The van der Waals surface area contributed by atoms with Gasteiger partial charge in [0.1, 0.15) is 0 Å². The van der Waals surface area contributed by atoms with Crippen LogP contribution in [0.3, 0.4) is 0 Å². The second kappa shape index (κ2) is 10.2. The van der Waals surface area contributed by atoms with E-state index in [9.17, 15) is 4.79 Å². The summed E-state index contributed by atoms with van der Waals surface area (Å²) in [6.07, 6.45) is 5.44. The van der Waals surface area contributed by atoms with Crippen LogP contribution in [0.4, 0.5) is 0 Å². The molecule has 7 heteroatoms. The van der Waals surface area contributed by atoms with Crippen molar-refractivity contribution in [1.82, 2.24) is 4.90 Å². The van der Waals surface area contributed by atoms with E-state index in [0.717, 1.165) is 48.8 Å². The minimum absolute atomic E-state index is 0.124. The van der Waals surface area contributed by atoms with Crippen molar-refractivity contribution in [2.24, 2.45) is 4.99 Å². The van der Waals surface area contributed by atoms with E-state index in [0.29, 0.717) is 17.3 Å². The number of amidine groups is 1. The molecule has 2 aliphatic rings. The molecule has 1 aromatic rings. The Labute approximate surface area is 177 Å². The summed E-state index contributed by atoms with van der Waals surface area (Å²) < 4.78 is 17.1. The predicted octanol–water partition coefficient (Wildman–Crippen LogP) is 4.34. The summed E-state index contributed by atoms with van der Waals surface area (Å²) in [7, 11) is 1.63. The van der Waals surface area contributed by atoms with E-state index in [1.807, 2.05) is 38.1 Å². The Kier molecular flexibility index (Phi) is 7.61. The molecule has 0 aliphatic carbocycles. The highest BCUT2D eigenvalue weighted by Crippen LogP contribution is 2.34. The van der Waals surface area contributed by atoms with E-state index in [4.69, 9.17) is 14.2 Å². The zero-order valence-corrected chi connectivity index (χ0v) is 18.5. The molecule has 0 saturated carbocycles. The predicted molar refractivity (Wildman–Crippen MR) is 118 cm³/mol. The number of morpholine rings is 1. The second-order valence-electron chi connectivity index (χ2n) is 7.44. The topological polar surface area (TPSA) is 60.4 Å². The first kappa shape index (κ1) is 21.7. The lowest BCUT2D eigenvalue weighted by atomic mass is 10.2. The molecule has 0 aromatic heterocycles. The number of benzene rings is 1. The zero-order chi connectivity index (χ0) is 20.8. The van der Waals surface area contributed by atoms with Crippen molar-refractivity contribution in [1.29, 1.82) is 0 Å². The number of aliphatic imine (C=N–C) groups is 1. The maximum atomic E-state index is 12.4. The van der Waals surface area contributed by atoms with Crippen LogP contribution in [0.5, 0.6) is 11.5 Å². The van der Waals surface area contributed by atoms with Crippen LogP contribution in [-0.2, 0) is 9.53 Å². The number of amides is 1. The van der Waals surface area contributed by atoms with Crippen LogP contribution in [0.15, 0.2) is 28.1 Å². The zero-order valence-electron chi connectivity index (χ0n) is 17.6. The number of unbranched alkanes of at least 4 members (excludes halogenated alkanes) is 2. The number of hydrogen-bond donors (Lipinski definition) is 0. The largest absolute Gasteiger partial charge is 0.493 e. The molecule has 0 spiro atoms. The molecule has 0 radical (unpaired) electrons. The molecule has 6 nitrogen and oxygen atoms in total. The second-order valence-corrected chi connectivity index (χ2v) is 8.45. The smallest absolute Gasteiger partial charge is 0.286 e. The maximum Gasteiger partial charge on any atom is 0.286 e. The fourth-order valence-electron chi connectivity index (χ4n) is 3.45. The Balaban J connectivity index is 1.68. The SMILES string of the molecule is CCCCCOc1ccc(/C=C2/SC(N3C[C@H](C)O[C@@H](C)C3)=NC2=O)cc1OC. The van der Waals surface area contributed by atoms with Gasteiger partial charge >= 0.3 is 0 Å². The lowest BCUT2D eigenvalue weighted by Crippen LogP contribution is -2.47. The number of carbonyl (C=O) groups excluding carboxylic acids is 1. The van der Waals surface area contributed by atoms with Crippen LogP contribution in [0, 0.1) is 0 Å². The van der Waals surface area contributed by atoms with Crippen molar-refractivity contribution in [3.05, 3.63) is 28.7 Å². The number of rotatable bonds is 7. The van der Waals surface area contributed by atoms with Gasteiger partial charge in [-0.3, -0.25) is 4.79 Å². The van der Waals surface area contributed by atoms with Gasteiger partial charge in [0.15, 0.2) is 16.7 Å². The summed E-state index contributed by atoms with van der Waals surface area (Å²) in [5, 5.41) is 0.756. The molecule has 0 unspecified atom stereocenters. The van der Waals surface area contributed by atoms with Crippen LogP contribution in [-0.4, -0.2) is 55.0 Å². The molecule has 1 aromatic carbocycles. The normalized spacial score (nSPS) is 23.4. The standard InChI is InChI=1S/C22H30N2O4S/c1-5-6-7-10-27-18-9-8-17(11-19(18)26-4)12-20-21(25)23-22(29-20)24-13-15(2)28-16(3)14-24/h8-9,11-12,15-16H,5-7,10,13-14H2,1-4H3/b20-12+/t15-,16-/m0/s1. The number of hydrogen-bond acceptors (Lipinski definition) is 6. The van der Waals surface area contributed by atoms with Crippen molar-refractivity contribution >= 4 is 28.9 Å². The molecule has 2 heterocycles. The highest BCUT2D eigenvalue weighted by molar-refractivity contribution is 8.18. The van der Waals surface area contributed by atoms with E-state index < -0.39 is 0 Å². The highest BCUT2D eigenvalue weighted by atomic mass is 32.2. The Morgan fingerprint density at radius 2 is 2.00 bits per heavy atom. The van der Waals surface area contributed by atoms with Gasteiger partial charge in [-0.2, -0.15) is 4.99 Å². The van der Waals surface area contributed by atoms with Gasteiger partial charge in [-0.05, 0) is 55.8 Å². The first-order chi connectivity index (χ1) is 14.0. The first-order valence-electron chi connectivity index (χ1n) is 10.2. The minimum atomic E-state index is -0.198. The van der Waals surface area contributed by atoms with Gasteiger partial charge in [0.05, 0.1) is 30.8 Å². The molecule has 0 bridgehead atoms. The lowest BCUT2D eigenvalue weighted by Gasteiger charge is -2.35. The third-order valence-corrected chi connectivity index (χ3v) is 5.83. The third-order valence-electron chi connectivity index (χ3n) is 4.79. The molecule has 29 heavy (non-hydrogen) atoms. The fraction of sp³-hybridized carbons (Fsp3) is 0.545. The molecule has 2 aliphatic heterocycles. The molecule has 1 saturated heterocycles. The number of thioether (sulfide) groups is 1. The average molecular weight is 419 g/mol. The minimum Gasteiger partial charge on any atom is -0.493 e. The maximum absolute atomic E-state index is 12.4. The third kappa shape index (κ3) is 5.76. The summed E-state index contributed by atoms with van der Waals surface area (Å²) >= 11 is 1.42. The summed E-state index contributed by atoms with van der Waals surface area (Å²) in [4.78, 5) is 19.4. The Bertz CT molecular complexity index is 783. The lowest BCUT2D eigenvalue weighted by molar-refractivity contribution is -0.113. The van der Waals surface area contributed by atoms with E-state index in [-0.39, 0.29) is 18.1 Å². The quantitative estimate of drug-likeness (QED) is 0.485. The first-order valence-corrected chi connectivity index (χ1v) is 11.1. The number of ether oxygens (including phenoxy) is 3. The molecule has 2 atom stereocenters. The van der Waals surface area contributed by atoms with Crippen LogP contribution < -0.4 is 9.47 Å². The molecule has 1 amide bonds. The van der Waals surface area contributed by atoms with Crippen LogP contribution in [0.1, 0.15) is 45.6 Å². The van der Waals surface area contributed by atoms with Gasteiger partial charge < -0.3 is 19.1 Å². The molecule has 158 valence electrons. The summed E-state index contributed by atoms with van der Waals surface area (Å²) in [5.41, 5.74) is 0.888. The van der Waals surface area contributed by atoms with E-state index >= 15 is 0 Å². The number of nitrogens with zero attached hydrogens (tertiary/aromatic N) is 2. The van der Waals surface area contributed by atoms with Crippen molar-refractivity contribution in [2.75, 3.05) is 26.8 Å². The van der Waals surface area contributed by atoms with Crippen molar-refractivity contribution in [3.63, 3.8) is 0 Å². The van der Waals surface area contributed by atoms with Crippen molar-refractivity contribution < 1.29 is 19.0 Å². The fourth-order valence-corrected chi connectivity index (χ4v) is 4.38. The average Bonchev–Trinajstić information content (AvgIpc) is 3.05. The molecule has 1 fully saturated rings. The number of methoxy groups -OCH3 is 1. The summed E-state index contributed by atoms with van der Waals surface area (Å²) in [6.45, 7) is 8.41. The van der Waals surface area contributed by atoms with E-state index in [1.54, 1.807) is 7.11 Å². The van der Waals surface area contributed by atoms with Gasteiger partial charge in [-0.15, -0.1) is 0 Å². The molecular weight excluding hydrogens is 388 g/mol. The summed E-state index contributed by atoms with van der Waals surface area (Å²) in [6, 6.07) is 5.73. The van der Waals surface area contributed by atoms with Gasteiger partial charge in [-0.25, -0.2) is 0 Å². The Hall–Kier alpha value is -1.99. The van der Waals surface area contributed by atoms with Gasteiger partial charge in [0.25, 0.3) is 5.91 Å². The van der Waals surface area contributed by atoms with Gasteiger partial charge in [0, 0.05) is 13.1 Å². The van der Waals surface area contributed by atoms with Crippen molar-refractivity contribution in [2.45, 2.75) is 52.2 Å². The molecule has 3 rings (SSSR count).